The van der Waals surface area contributed by atoms with Gasteiger partial charge in [-0.25, -0.2) is 5.43 Å². The molecule has 0 bridgehead atoms. The third-order valence-electron chi connectivity index (χ3n) is 5.16. The average Bonchev–Trinajstić information content (AvgIpc) is 2.60. The van der Waals surface area contributed by atoms with E-state index < -0.39 is 0 Å². The molecule has 0 saturated carbocycles. The summed E-state index contributed by atoms with van der Waals surface area (Å²) in [5.74, 6) is 0.251. The number of carbonyl (C=O) groups is 1. The van der Waals surface area contributed by atoms with E-state index in [2.05, 4.69) is 71.3 Å². The van der Waals surface area contributed by atoms with Gasteiger partial charge in [-0.3, -0.25) is 4.79 Å². The van der Waals surface area contributed by atoms with Crippen molar-refractivity contribution in [1.82, 2.24) is 5.43 Å². The zero-order chi connectivity index (χ0) is 18.9. The van der Waals surface area contributed by atoms with Crippen LogP contribution in [0, 0.1) is 0 Å². The van der Waals surface area contributed by atoms with Gasteiger partial charge >= 0.3 is 0 Å². The average molecular weight is 414 g/mol. The van der Waals surface area contributed by atoms with Crippen molar-refractivity contribution >= 4 is 33.7 Å². The van der Waals surface area contributed by atoms with Crippen molar-refractivity contribution in [3.8, 4) is 0 Å². The fourth-order valence-corrected chi connectivity index (χ4v) is 4.01. The summed E-state index contributed by atoms with van der Waals surface area (Å²) in [6.45, 7) is 6.82. The molecular formula is C21H24BrN3O. The molecule has 26 heavy (non-hydrogen) atoms. The van der Waals surface area contributed by atoms with Crippen LogP contribution >= 0.6 is 15.9 Å². The van der Waals surface area contributed by atoms with Gasteiger partial charge in [-0.05, 0) is 77.5 Å². The maximum absolute atomic E-state index is 12.2. The number of carbonyl (C=O) groups excluding carboxylic acids is 1. The van der Waals surface area contributed by atoms with Crippen LogP contribution in [-0.4, -0.2) is 24.7 Å². The lowest BCUT2D eigenvalue weighted by atomic mass is 9.80. The fraction of sp³-hybridized carbons (Fsp3) is 0.333. The molecule has 1 atom stereocenters. The highest BCUT2D eigenvalue weighted by Crippen LogP contribution is 2.42. The second-order valence-electron chi connectivity index (χ2n) is 7.47. The highest BCUT2D eigenvalue weighted by Gasteiger charge is 2.33. The number of halogens is 1. The van der Waals surface area contributed by atoms with Gasteiger partial charge in [0.05, 0.1) is 11.8 Å². The van der Waals surface area contributed by atoms with E-state index in [0.29, 0.717) is 11.5 Å². The van der Waals surface area contributed by atoms with E-state index in [-0.39, 0.29) is 11.4 Å². The van der Waals surface area contributed by atoms with Crippen molar-refractivity contribution in [3.05, 3.63) is 63.6 Å². The quantitative estimate of drug-likeness (QED) is 0.572. The van der Waals surface area contributed by atoms with E-state index >= 15 is 0 Å². The minimum absolute atomic E-state index is 0.152. The van der Waals surface area contributed by atoms with Gasteiger partial charge in [0.15, 0.2) is 0 Å². The molecule has 1 heterocycles. The molecule has 0 saturated heterocycles. The van der Waals surface area contributed by atoms with Crippen LogP contribution in [0.4, 0.5) is 5.69 Å². The Morgan fingerprint density at radius 1 is 1.31 bits per heavy atom. The molecule has 5 heteroatoms. The van der Waals surface area contributed by atoms with Gasteiger partial charge in [0.2, 0.25) is 0 Å². The summed E-state index contributed by atoms with van der Waals surface area (Å²) in [4.78, 5) is 14.5. The summed E-state index contributed by atoms with van der Waals surface area (Å²) in [5.41, 5.74) is 6.88. The van der Waals surface area contributed by atoms with Gasteiger partial charge in [0.25, 0.3) is 5.91 Å². The molecule has 2 aromatic carbocycles. The van der Waals surface area contributed by atoms with E-state index in [9.17, 15) is 4.79 Å². The number of anilines is 1. The zero-order valence-corrected chi connectivity index (χ0v) is 17.2. The molecule has 0 radical (unpaired) electrons. The molecule has 2 aromatic rings. The van der Waals surface area contributed by atoms with E-state index in [1.54, 1.807) is 12.3 Å². The van der Waals surface area contributed by atoms with Crippen molar-refractivity contribution in [2.75, 3.05) is 11.9 Å². The summed E-state index contributed by atoms with van der Waals surface area (Å²) in [6.07, 6.45) is 2.80. The molecule has 1 aliphatic rings. The maximum Gasteiger partial charge on any atom is 0.272 e. The largest absolute Gasteiger partial charge is 0.369 e. The van der Waals surface area contributed by atoms with E-state index in [0.717, 1.165) is 16.5 Å². The van der Waals surface area contributed by atoms with Crippen LogP contribution in [0.1, 0.15) is 54.6 Å². The lowest BCUT2D eigenvalue weighted by Crippen LogP contribution is -2.45. The van der Waals surface area contributed by atoms with Crippen molar-refractivity contribution in [2.24, 2.45) is 5.10 Å². The van der Waals surface area contributed by atoms with Crippen molar-refractivity contribution < 1.29 is 4.79 Å². The molecule has 0 fully saturated rings. The van der Waals surface area contributed by atoms with Crippen molar-refractivity contribution in [1.29, 1.82) is 0 Å². The van der Waals surface area contributed by atoms with Crippen LogP contribution in [-0.2, 0) is 0 Å². The molecule has 0 aliphatic carbocycles. The SMILES string of the molecule is CC1CC(C)(C)N(C)c2ccc(/C=N/NC(=O)c3ccccc3Br)cc21. The molecule has 4 nitrogen and oxygen atoms in total. The van der Waals surface area contributed by atoms with Crippen LogP contribution in [0.3, 0.4) is 0 Å². The van der Waals surface area contributed by atoms with Crippen LogP contribution in [0.2, 0.25) is 0 Å². The second kappa shape index (κ2) is 7.23. The summed E-state index contributed by atoms with van der Waals surface area (Å²) < 4.78 is 0.751. The van der Waals surface area contributed by atoms with E-state index in [4.69, 9.17) is 0 Å². The first-order valence-electron chi connectivity index (χ1n) is 8.75. The Hall–Kier alpha value is -2.14. The Balaban J connectivity index is 1.76. The van der Waals surface area contributed by atoms with Gasteiger partial charge in [0.1, 0.15) is 0 Å². The number of nitrogens with one attached hydrogen (secondary N) is 1. The van der Waals surface area contributed by atoms with Gasteiger partial charge in [-0.2, -0.15) is 5.10 Å². The Morgan fingerprint density at radius 2 is 2.04 bits per heavy atom. The highest BCUT2D eigenvalue weighted by atomic mass is 79.9. The number of amides is 1. The Kier molecular flexibility index (Phi) is 5.19. The van der Waals surface area contributed by atoms with Crippen molar-refractivity contribution in [3.63, 3.8) is 0 Å². The Bertz CT molecular complexity index is 860. The number of benzene rings is 2. The Morgan fingerprint density at radius 3 is 2.77 bits per heavy atom. The molecule has 136 valence electrons. The molecule has 1 unspecified atom stereocenters. The molecule has 1 N–H and O–H groups in total. The minimum atomic E-state index is -0.235. The molecule has 0 aromatic heterocycles. The summed E-state index contributed by atoms with van der Waals surface area (Å²) in [6, 6.07) is 13.6. The predicted octanol–water partition coefficient (Wildman–Crippen LogP) is 4.94. The molecule has 1 amide bonds. The lowest BCUT2D eigenvalue weighted by Gasteiger charge is -2.45. The van der Waals surface area contributed by atoms with Crippen LogP contribution in [0.15, 0.2) is 52.0 Å². The monoisotopic (exact) mass is 413 g/mol. The summed E-state index contributed by atoms with van der Waals surface area (Å²) in [7, 11) is 2.15. The first-order chi connectivity index (χ1) is 12.3. The maximum atomic E-state index is 12.2. The van der Waals surface area contributed by atoms with E-state index in [1.807, 2.05) is 24.3 Å². The van der Waals surface area contributed by atoms with Crippen LogP contribution in [0.5, 0.6) is 0 Å². The predicted molar refractivity (Wildman–Crippen MR) is 111 cm³/mol. The van der Waals surface area contributed by atoms with E-state index in [1.165, 1.54) is 11.3 Å². The summed E-state index contributed by atoms with van der Waals surface area (Å²) in [5, 5.41) is 4.12. The smallest absolute Gasteiger partial charge is 0.272 e. The van der Waals surface area contributed by atoms with Gasteiger partial charge in [-0.1, -0.05) is 25.1 Å². The molecular weight excluding hydrogens is 390 g/mol. The normalized spacial score (nSPS) is 18.7. The number of nitrogens with zero attached hydrogens (tertiary/aromatic N) is 2. The number of hydrazone groups is 1. The number of hydrogen-bond donors (Lipinski definition) is 1. The second-order valence-corrected chi connectivity index (χ2v) is 8.33. The third kappa shape index (κ3) is 3.68. The molecule has 1 aliphatic heterocycles. The fourth-order valence-electron chi connectivity index (χ4n) is 3.55. The highest BCUT2D eigenvalue weighted by molar-refractivity contribution is 9.10. The van der Waals surface area contributed by atoms with Crippen molar-refractivity contribution in [2.45, 2.75) is 38.6 Å². The first-order valence-corrected chi connectivity index (χ1v) is 9.54. The Labute approximate surface area is 163 Å². The zero-order valence-electron chi connectivity index (χ0n) is 15.6. The number of hydrogen-bond acceptors (Lipinski definition) is 3. The van der Waals surface area contributed by atoms with Gasteiger partial charge in [-0.15, -0.1) is 0 Å². The van der Waals surface area contributed by atoms with Crippen LogP contribution in [0.25, 0.3) is 0 Å². The molecule has 3 rings (SSSR count). The lowest BCUT2D eigenvalue weighted by molar-refractivity contribution is 0.0954. The topological polar surface area (TPSA) is 44.7 Å². The standard InChI is InChI=1S/C21H24BrN3O/c1-14-12-21(2,3)25(4)19-10-9-15(11-17(14)19)13-23-24-20(26)16-7-5-6-8-18(16)22/h5-11,13-14H,12H2,1-4H3,(H,24,26)/b23-13+. The van der Waals surface area contributed by atoms with Gasteiger partial charge < -0.3 is 4.90 Å². The van der Waals surface area contributed by atoms with Gasteiger partial charge in [0, 0.05) is 22.7 Å². The number of rotatable bonds is 3. The first kappa shape index (κ1) is 18.6. The minimum Gasteiger partial charge on any atom is -0.369 e. The number of fused-ring (bicyclic) bond motifs is 1. The molecule has 0 spiro atoms. The van der Waals surface area contributed by atoms with Crippen LogP contribution < -0.4 is 10.3 Å². The third-order valence-corrected chi connectivity index (χ3v) is 5.85. The summed E-state index contributed by atoms with van der Waals surface area (Å²) >= 11 is 3.38.